The topological polar surface area (TPSA) is 3.24 Å². The molecule has 1 nitrogen and oxygen atoms in total. The van der Waals surface area contributed by atoms with Gasteiger partial charge in [-0.25, -0.2) is 4.39 Å². The second-order valence-electron chi connectivity index (χ2n) is 14.2. The molecule has 1 aliphatic carbocycles. The van der Waals surface area contributed by atoms with Gasteiger partial charge in [-0.05, 0) is 103 Å². The van der Waals surface area contributed by atoms with Crippen LogP contribution in [-0.2, 0) is 5.41 Å². The van der Waals surface area contributed by atoms with Crippen LogP contribution in [0.2, 0.25) is 0 Å². The van der Waals surface area contributed by atoms with E-state index in [1.54, 1.807) is 6.07 Å². The summed E-state index contributed by atoms with van der Waals surface area (Å²) in [4.78, 5) is 2.34. The van der Waals surface area contributed by atoms with Gasteiger partial charge in [-0.2, -0.15) is 0 Å². The first-order valence-electron chi connectivity index (χ1n) is 18.8. The fourth-order valence-electron chi connectivity index (χ4n) is 8.74. The van der Waals surface area contributed by atoms with Crippen LogP contribution in [0.3, 0.4) is 0 Å². The highest BCUT2D eigenvalue weighted by Crippen LogP contribution is 2.59. The summed E-state index contributed by atoms with van der Waals surface area (Å²) in [5.41, 5.74) is 13.5. The van der Waals surface area contributed by atoms with Crippen molar-refractivity contribution < 1.29 is 4.39 Å². The number of benzene rings is 9. The molecule has 55 heavy (non-hydrogen) atoms. The average molecular weight is 706 g/mol. The van der Waals surface area contributed by atoms with E-state index >= 15 is 4.39 Å². The Hall–Kier alpha value is -7.03. The summed E-state index contributed by atoms with van der Waals surface area (Å²) in [6.45, 7) is 0. The fraction of sp³-hybridized carbons (Fsp3) is 0.0189. The average Bonchev–Trinajstić information content (AvgIpc) is 3.55. The van der Waals surface area contributed by atoms with Gasteiger partial charge < -0.3 is 4.90 Å². The van der Waals surface area contributed by atoms with E-state index in [9.17, 15) is 0 Å². The first-order chi connectivity index (χ1) is 27.2. The van der Waals surface area contributed by atoms with Crippen molar-refractivity contribution in [3.05, 3.63) is 246 Å². The second-order valence-corrected chi connectivity index (χ2v) is 14.2. The lowest BCUT2D eigenvalue weighted by Gasteiger charge is -2.35. The molecule has 0 fully saturated rings. The smallest absolute Gasteiger partial charge is 0.131 e. The molecular formula is C53H36FN. The molecular weight excluding hydrogens is 670 g/mol. The Bertz CT molecular complexity index is 2660. The van der Waals surface area contributed by atoms with Crippen LogP contribution < -0.4 is 4.90 Å². The standard InChI is InChI=1S/C53H36FN/c54-51-36-50-52(47-24-14-13-23-46(47)51)48-34-33-45(35-49(48)53(50,41-19-9-3-10-20-41)42-21-11-4-12-22-42)55(43-29-25-39(26-30-43)37-15-5-1-6-16-37)44-31-27-40(28-32-44)38-17-7-2-8-18-38/h1-36H. The molecule has 0 atom stereocenters. The molecule has 10 rings (SSSR count). The predicted octanol–water partition coefficient (Wildman–Crippen LogP) is 14.1. The number of hydrogen-bond donors (Lipinski definition) is 0. The zero-order chi connectivity index (χ0) is 36.8. The maximum atomic E-state index is 16.4. The van der Waals surface area contributed by atoms with Gasteiger partial charge in [0.2, 0.25) is 0 Å². The number of rotatable bonds is 7. The van der Waals surface area contributed by atoms with Crippen molar-refractivity contribution >= 4 is 27.8 Å². The van der Waals surface area contributed by atoms with Gasteiger partial charge in [0.15, 0.2) is 0 Å². The number of hydrogen-bond acceptors (Lipinski definition) is 1. The van der Waals surface area contributed by atoms with Crippen LogP contribution >= 0.6 is 0 Å². The van der Waals surface area contributed by atoms with E-state index in [1.807, 2.05) is 30.3 Å². The monoisotopic (exact) mass is 705 g/mol. The fourth-order valence-corrected chi connectivity index (χ4v) is 8.74. The molecule has 0 saturated heterocycles. The lowest BCUT2D eigenvalue weighted by atomic mass is 9.67. The van der Waals surface area contributed by atoms with E-state index in [0.717, 1.165) is 67.0 Å². The molecule has 0 aromatic heterocycles. The van der Waals surface area contributed by atoms with Gasteiger partial charge in [0, 0.05) is 22.4 Å². The van der Waals surface area contributed by atoms with Crippen LogP contribution in [0.5, 0.6) is 0 Å². The molecule has 0 amide bonds. The summed E-state index contributed by atoms with van der Waals surface area (Å²) < 4.78 is 16.4. The first kappa shape index (κ1) is 32.6. The Morgan fingerprint density at radius 2 is 0.764 bits per heavy atom. The van der Waals surface area contributed by atoms with Crippen LogP contribution in [-0.4, -0.2) is 0 Å². The largest absolute Gasteiger partial charge is 0.310 e. The van der Waals surface area contributed by atoms with Crippen molar-refractivity contribution in [2.45, 2.75) is 5.41 Å². The summed E-state index contributed by atoms with van der Waals surface area (Å²) >= 11 is 0. The van der Waals surface area contributed by atoms with Crippen molar-refractivity contribution in [3.63, 3.8) is 0 Å². The van der Waals surface area contributed by atoms with Crippen LogP contribution in [0, 0.1) is 5.82 Å². The van der Waals surface area contributed by atoms with Crippen molar-refractivity contribution in [1.29, 1.82) is 0 Å². The highest BCUT2D eigenvalue weighted by molar-refractivity contribution is 6.05. The molecule has 9 aromatic carbocycles. The molecule has 0 spiro atoms. The molecule has 9 aromatic rings. The predicted molar refractivity (Wildman–Crippen MR) is 227 cm³/mol. The minimum atomic E-state index is -0.770. The van der Waals surface area contributed by atoms with E-state index in [-0.39, 0.29) is 5.82 Å². The summed E-state index contributed by atoms with van der Waals surface area (Å²) in [6, 6.07) is 76.4. The second kappa shape index (κ2) is 13.4. The SMILES string of the molecule is Fc1cc2c(c3ccccc13)-c1ccc(N(c3ccc(-c4ccccc4)cc3)c3ccc(-c4ccccc4)cc3)cc1C2(c1ccccc1)c1ccccc1. The Morgan fingerprint density at radius 3 is 1.27 bits per heavy atom. The van der Waals surface area contributed by atoms with E-state index in [0.29, 0.717) is 5.39 Å². The molecule has 260 valence electrons. The molecule has 0 heterocycles. The normalized spacial score (nSPS) is 12.6. The lowest BCUT2D eigenvalue weighted by Crippen LogP contribution is -2.29. The third-order valence-corrected chi connectivity index (χ3v) is 11.2. The van der Waals surface area contributed by atoms with Crippen molar-refractivity contribution in [3.8, 4) is 33.4 Å². The first-order valence-corrected chi connectivity index (χ1v) is 18.8. The zero-order valence-corrected chi connectivity index (χ0v) is 30.1. The Kier molecular flexibility index (Phi) is 7.96. The van der Waals surface area contributed by atoms with Crippen LogP contribution in [0.1, 0.15) is 22.3 Å². The zero-order valence-electron chi connectivity index (χ0n) is 30.1. The molecule has 1 aliphatic rings. The molecule has 0 aliphatic heterocycles. The van der Waals surface area contributed by atoms with Gasteiger partial charge in [0.1, 0.15) is 5.82 Å². The number of halogens is 1. The molecule has 0 saturated carbocycles. The van der Waals surface area contributed by atoms with Gasteiger partial charge >= 0.3 is 0 Å². The molecule has 0 N–H and O–H groups in total. The molecule has 0 bridgehead atoms. The third-order valence-electron chi connectivity index (χ3n) is 11.2. The van der Waals surface area contributed by atoms with Crippen molar-refractivity contribution in [2.24, 2.45) is 0 Å². The van der Waals surface area contributed by atoms with Gasteiger partial charge in [0.05, 0.1) is 5.41 Å². The maximum absolute atomic E-state index is 16.4. The number of fused-ring (bicyclic) bond motifs is 5. The molecule has 0 unspecified atom stereocenters. The maximum Gasteiger partial charge on any atom is 0.131 e. The van der Waals surface area contributed by atoms with E-state index in [4.69, 9.17) is 0 Å². The van der Waals surface area contributed by atoms with Gasteiger partial charge in [-0.1, -0.05) is 176 Å². The van der Waals surface area contributed by atoms with Gasteiger partial charge in [0.25, 0.3) is 0 Å². The Morgan fingerprint density at radius 1 is 0.345 bits per heavy atom. The third kappa shape index (κ3) is 5.37. The minimum absolute atomic E-state index is 0.211. The van der Waals surface area contributed by atoms with Gasteiger partial charge in [-0.15, -0.1) is 0 Å². The van der Waals surface area contributed by atoms with E-state index in [1.165, 1.54) is 11.1 Å². The van der Waals surface area contributed by atoms with Crippen LogP contribution in [0.15, 0.2) is 218 Å². The summed E-state index contributed by atoms with van der Waals surface area (Å²) in [5, 5.41) is 1.55. The van der Waals surface area contributed by atoms with Crippen molar-refractivity contribution in [2.75, 3.05) is 4.90 Å². The summed E-state index contributed by atoms with van der Waals surface area (Å²) in [7, 11) is 0. The number of nitrogens with zero attached hydrogens (tertiary/aromatic N) is 1. The van der Waals surface area contributed by atoms with E-state index < -0.39 is 5.41 Å². The van der Waals surface area contributed by atoms with Crippen LogP contribution in [0.4, 0.5) is 21.5 Å². The quantitative estimate of drug-likeness (QED) is 0.160. The molecule has 2 heteroatoms. The van der Waals surface area contributed by atoms with Crippen molar-refractivity contribution in [1.82, 2.24) is 0 Å². The lowest BCUT2D eigenvalue weighted by molar-refractivity contribution is 0.633. The summed E-state index contributed by atoms with van der Waals surface area (Å²) in [6.07, 6.45) is 0. The highest BCUT2D eigenvalue weighted by atomic mass is 19.1. The highest BCUT2D eigenvalue weighted by Gasteiger charge is 2.47. The Labute approximate surface area is 321 Å². The van der Waals surface area contributed by atoms with Gasteiger partial charge in [-0.3, -0.25) is 0 Å². The Balaban J connectivity index is 1.23. The molecule has 0 radical (unpaired) electrons. The minimum Gasteiger partial charge on any atom is -0.310 e. The van der Waals surface area contributed by atoms with Crippen LogP contribution in [0.25, 0.3) is 44.2 Å². The number of anilines is 3. The van der Waals surface area contributed by atoms with E-state index in [2.05, 4.69) is 187 Å². The summed E-state index contributed by atoms with van der Waals surface area (Å²) in [5.74, 6) is -0.211.